The van der Waals surface area contributed by atoms with Crippen molar-refractivity contribution in [1.82, 2.24) is 5.32 Å². The minimum Gasteiger partial charge on any atom is -0.469 e. The fourth-order valence-electron chi connectivity index (χ4n) is 1.47. The van der Waals surface area contributed by atoms with Crippen LogP contribution in [0.1, 0.15) is 23.2 Å². The van der Waals surface area contributed by atoms with Crippen molar-refractivity contribution in [1.29, 1.82) is 0 Å². The molecule has 108 valence electrons. The molecule has 0 aliphatic carbocycles. The Hall–Kier alpha value is -1.96. The number of rotatable bonds is 6. The third-order valence-corrected chi connectivity index (χ3v) is 3.32. The Morgan fingerprint density at radius 1 is 1.45 bits per heavy atom. The quantitative estimate of drug-likeness (QED) is 0.368. The largest absolute Gasteiger partial charge is 0.469 e. The van der Waals surface area contributed by atoms with Crippen LogP contribution in [0.25, 0.3) is 0 Å². The van der Waals surface area contributed by atoms with Crippen LogP contribution in [0.2, 0.25) is 0 Å². The maximum absolute atomic E-state index is 11.9. The molecule has 0 unspecified atom stereocenters. The molecule has 0 aromatic heterocycles. The molecule has 1 rings (SSSR count). The van der Waals surface area contributed by atoms with Gasteiger partial charge in [0.05, 0.1) is 17.6 Å². The molecule has 0 bridgehead atoms. The van der Waals surface area contributed by atoms with Gasteiger partial charge in [-0.3, -0.25) is 19.7 Å². The normalized spacial score (nSPS) is 9.90. The highest BCUT2D eigenvalue weighted by molar-refractivity contribution is 9.10. The topological polar surface area (TPSA) is 98.5 Å². The van der Waals surface area contributed by atoms with Crippen molar-refractivity contribution in [2.24, 2.45) is 0 Å². The number of esters is 1. The Balaban J connectivity index is 2.62. The van der Waals surface area contributed by atoms with Gasteiger partial charge in [-0.2, -0.15) is 0 Å². The maximum atomic E-state index is 11.9. The lowest BCUT2D eigenvalue weighted by molar-refractivity contribution is -0.385. The average molecular weight is 345 g/mol. The van der Waals surface area contributed by atoms with Crippen molar-refractivity contribution in [2.45, 2.75) is 12.8 Å². The van der Waals surface area contributed by atoms with Gasteiger partial charge >= 0.3 is 5.97 Å². The summed E-state index contributed by atoms with van der Waals surface area (Å²) in [6, 6.07) is 4.22. The van der Waals surface area contributed by atoms with Crippen molar-refractivity contribution in [3.63, 3.8) is 0 Å². The van der Waals surface area contributed by atoms with Gasteiger partial charge < -0.3 is 10.1 Å². The smallest absolute Gasteiger partial charge is 0.305 e. The SMILES string of the molecule is COC(=O)CCCNC(=O)c1cccc([N+](=O)[O-])c1Br. The van der Waals surface area contributed by atoms with Crippen molar-refractivity contribution in [3.05, 3.63) is 38.3 Å². The number of carbonyl (C=O) groups excluding carboxylic acids is 2. The molecular formula is C12H13BrN2O5. The molecule has 0 aliphatic heterocycles. The highest BCUT2D eigenvalue weighted by Crippen LogP contribution is 2.28. The van der Waals surface area contributed by atoms with E-state index in [2.05, 4.69) is 26.0 Å². The van der Waals surface area contributed by atoms with E-state index in [1.54, 1.807) is 0 Å². The Morgan fingerprint density at radius 3 is 2.75 bits per heavy atom. The number of amides is 1. The van der Waals surface area contributed by atoms with E-state index in [0.29, 0.717) is 6.42 Å². The molecule has 0 saturated carbocycles. The maximum Gasteiger partial charge on any atom is 0.305 e. The van der Waals surface area contributed by atoms with E-state index < -0.39 is 10.8 Å². The zero-order valence-electron chi connectivity index (χ0n) is 10.7. The number of nitro benzene ring substituents is 1. The first-order valence-corrected chi connectivity index (χ1v) is 6.54. The van der Waals surface area contributed by atoms with Gasteiger partial charge in [-0.25, -0.2) is 0 Å². The Kier molecular flexibility index (Phi) is 6.10. The van der Waals surface area contributed by atoms with Crippen LogP contribution in [0, 0.1) is 10.1 Å². The van der Waals surface area contributed by atoms with Gasteiger partial charge in [0.1, 0.15) is 4.47 Å². The number of carbonyl (C=O) groups is 2. The molecular weight excluding hydrogens is 332 g/mol. The lowest BCUT2D eigenvalue weighted by Gasteiger charge is -2.06. The predicted octanol–water partition coefficient (Wildman–Crippen LogP) is 2.04. The first-order valence-electron chi connectivity index (χ1n) is 5.75. The number of nitrogens with one attached hydrogen (secondary N) is 1. The van der Waals surface area contributed by atoms with Gasteiger partial charge in [-0.05, 0) is 28.4 Å². The summed E-state index contributed by atoms with van der Waals surface area (Å²) in [4.78, 5) is 32.9. The number of halogens is 1. The number of benzene rings is 1. The molecule has 0 heterocycles. The predicted molar refractivity (Wildman–Crippen MR) is 74.4 cm³/mol. The first kappa shape index (κ1) is 16.1. The van der Waals surface area contributed by atoms with E-state index in [1.807, 2.05) is 0 Å². The third kappa shape index (κ3) is 4.30. The summed E-state index contributed by atoms with van der Waals surface area (Å²) in [6.07, 6.45) is 0.637. The second-order valence-corrected chi connectivity index (χ2v) is 4.62. The molecule has 1 amide bonds. The molecule has 8 heteroatoms. The van der Waals surface area contributed by atoms with Crippen molar-refractivity contribution >= 4 is 33.5 Å². The van der Waals surface area contributed by atoms with Crippen LogP contribution >= 0.6 is 15.9 Å². The number of nitrogens with zero attached hydrogens (tertiary/aromatic N) is 1. The van der Waals surface area contributed by atoms with Crippen LogP contribution < -0.4 is 5.32 Å². The molecule has 7 nitrogen and oxygen atoms in total. The van der Waals surface area contributed by atoms with E-state index in [1.165, 1.54) is 25.3 Å². The molecule has 0 atom stereocenters. The van der Waals surface area contributed by atoms with Crippen LogP contribution in [0.3, 0.4) is 0 Å². The molecule has 1 aromatic carbocycles. The third-order valence-electron chi connectivity index (χ3n) is 2.49. The zero-order valence-corrected chi connectivity index (χ0v) is 12.3. The lowest BCUT2D eigenvalue weighted by Crippen LogP contribution is -2.25. The second kappa shape index (κ2) is 7.59. The number of ether oxygens (including phenoxy) is 1. The van der Waals surface area contributed by atoms with Gasteiger partial charge in [0.2, 0.25) is 0 Å². The summed E-state index contributed by atoms with van der Waals surface area (Å²) in [5, 5.41) is 13.3. The van der Waals surface area contributed by atoms with E-state index in [9.17, 15) is 19.7 Å². The van der Waals surface area contributed by atoms with Crippen LogP contribution in [-0.4, -0.2) is 30.5 Å². The summed E-state index contributed by atoms with van der Waals surface area (Å²) >= 11 is 3.05. The minimum atomic E-state index is -0.571. The van der Waals surface area contributed by atoms with Gasteiger partial charge in [-0.1, -0.05) is 6.07 Å². The Bertz CT molecular complexity index is 533. The molecule has 0 fully saturated rings. The fourth-order valence-corrected chi connectivity index (χ4v) is 2.06. The van der Waals surface area contributed by atoms with Crippen molar-refractivity contribution < 1.29 is 19.2 Å². The summed E-state index contributed by atoms with van der Waals surface area (Å²) < 4.78 is 4.60. The van der Waals surface area contributed by atoms with Gasteiger partial charge in [-0.15, -0.1) is 0 Å². The number of hydrogen-bond donors (Lipinski definition) is 1. The van der Waals surface area contributed by atoms with Crippen LogP contribution in [-0.2, 0) is 9.53 Å². The minimum absolute atomic E-state index is 0.135. The molecule has 0 aliphatic rings. The summed E-state index contributed by atoms with van der Waals surface area (Å²) in [5.74, 6) is -0.791. The van der Waals surface area contributed by atoms with Crippen molar-refractivity contribution in [3.8, 4) is 0 Å². The highest BCUT2D eigenvalue weighted by Gasteiger charge is 2.19. The second-order valence-electron chi connectivity index (χ2n) is 3.83. The van der Waals surface area contributed by atoms with Gasteiger partial charge in [0.15, 0.2) is 0 Å². The van der Waals surface area contributed by atoms with Crippen molar-refractivity contribution in [2.75, 3.05) is 13.7 Å². The summed E-state index contributed by atoms with van der Waals surface area (Å²) in [7, 11) is 1.29. The Morgan fingerprint density at radius 2 is 2.15 bits per heavy atom. The molecule has 0 saturated heterocycles. The van der Waals surface area contributed by atoms with Crippen LogP contribution in [0.4, 0.5) is 5.69 Å². The standard InChI is InChI=1S/C12H13BrN2O5/c1-20-10(16)6-3-7-14-12(17)8-4-2-5-9(11(8)13)15(18)19/h2,4-5H,3,6-7H2,1H3,(H,14,17). The fraction of sp³-hybridized carbons (Fsp3) is 0.333. The number of hydrogen-bond acceptors (Lipinski definition) is 5. The average Bonchev–Trinajstić information content (AvgIpc) is 2.42. The molecule has 1 aromatic rings. The van der Waals surface area contributed by atoms with E-state index in [0.717, 1.165) is 0 Å². The molecule has 0 spiro atoms. The summed E-state index contributed by atoms with van der Waals surface area (Å²) in [5.41, 5.74) is 0.00415. The number of methoxy groups -OCH3 is 1. The van der Waals surface area contributed by atoms with Crippen LogP contribution in [0.15, 0.2) is 22.7 Å². The van der Waals surface area contributed by atoms with Gasteiger partial charge in [0.25, 0.3) is 11.6 Å². The van der Waals surface area contributed by atoms with E-state index >= 15 is 0 Å². The van der Waals surface area contributed by atoms with E-state index in [4.69, 9.17) is 0 Å². The van der Waals surface area contributed by atoms with Crippen LogP contribution in [0.5, 0.6) is 0 Å². The lowest BCUT2D eigenvalue weighted by atomic mass is 10.2. The molecule has 0 radical (unpaired) electrons. The zero-order chi connectivity index (χ0) is 15.1. The first-order chi connectivity index (χ1) is 9.47. The molecule has 20 heavy (non-hydrogen) atoms. The number of nitro groups is 1. The molecule has 1 N–H and O–H groups in total. The van der Waals surface area contributed by atoms with E-state index in [-0.39, 0.29) is 34.7 Å². The monoisotopic (exact) mass is 344 g/mol. The van der Waals surface area contributed by atoms with Gasteiger partial charge in [0, 0.05) is 19.0 Å². The highest BCUT2D eigenvalue weighted by atomic mass is 79.9. The Labute approximate surface area is 123 Å². The summed E-state index contributed by atoms with van der Waals surface area (Å²) in [6.45, 7) is 0.281.